The van der Waals surface area contributed by atoms with E-state index in [1.54, 1.807) is 7.11 Å². The molecule has 1 fully saturated rings. The molecule has 1 aliphatic heterocycles. The number of likely N-dealkylation sites (tertiary alicyclic amines) is 1. The third-order valence-electron chi connectivity index (χ3n) is 4.70. The zero-order valence-electron chi connectivity index (χ0n) is 12.1. The Morgan fingerprint density at radius 1 is 1.30 bits per heavy atom. The highest BCUT2D eigenvalue weighted by Gasteiger charge is 2.36. The lowest BCUT2D eigenvalue weighted by molar-refractivity contribution is 0.0917. The summed E-state index contributed by atoms with van der Waals surface area (Å²) in [4.78, 5) is 13.5. The third-order valence-corrected chi connectivity index (χ3v) is 4.70. The van der Waals surface area contributed by atoms with Crippen molar-refractivity contribution in [2.24, 2.45) is 5.92 Å². The van der Waals surface area contributed by atoms with Crippen LogP contribution in [0, 0.1) is 5.92 Å². The van der Waals surface area contributed by atoms with Gasteiger partial charge in [-0.15, -0.1) is 0 Å². The number of aryl methyl sites for hydroxylation is 1. The van der Waals surface area contributed by atoms with Gasteiger partial charge in [-0.3, -0.25) is 0 Å². The number of ether oxygens (including phenoxy) is 2. The summed E-state index contributed by atoms with van der Waals surface area (Å²) >= 11 is 0. The van der Waals surface area contributed by atoms with Gasteiger partial charge in [-0.2, -0.15) is 0 Å². The van der Waals surface area contributed by atoms with Crippen molar-refractivity contribution in [1.82, 2.24) is 4.90 Å². The molecule has 0 aromatic heterocycles. The Balaban J connectivity index is 1.83. The van der Waals surface area contributed by atoms with Gasteiger partial charge in [-0.05, 0) is 54.4 Å². The molecule has 0 saturated carbocycles. The second kappa shape index (κ2) is 5.35. The molecule has 0 bridgehead atoms. The van der Waals surface area contributed by atoms with Gasteiger partial charge in [0.2, 0.25) is 0 Å². The summed E-state index contributed by atoms with van der Waals surface area (Å²) < 4.78 is 10.2. The Kier molecular flexibility index (Phi) is 3.55. The van der Waals surface area contributed by atoms with Gasteiger partial charge in [0.1, 0.15) is 5.75 Å². The Morgan fingerprint density at radius 2 is 2.15 bits per heavy atom. The molecule has 0 radical (unpaired) electrons. The maximum absolute atomic E-state index is 11.7. The minimum atomic E-state index is -0.195. The van der Waals surface area contributed by atoms with Crippen molar-refractivity contribution in [2.75, 3.05) is 27.3 Å². The molecule has 4 nitrogen and oxygen atoms in total. The Bertz CT molecular complexity index is 514. The number of amides is 1. The van der Waals surface area contributed by atoms with E-state index in [0.717, 1.165) is 38.1 Å². The second-order valence-corrected chi connectivity index (χ2v) is 5.67. The molecule has 0 unspecified atom stereocenters. The molecule has 4 heteroatoms. The number of hydrogen-bond acceptors (Lipinski definition) is 3. The van der Waals surface area contributed by atoms with E-state index in [9.17, 15) is 4.79 Å². The Hall–Kier alpha value is -1.71. The van der Waals surface area contributed by atoms with E-state index in [4.69, 9.17) is 9.47 Å². The standard InChI is InChI=1S/C16H21NO3/c1-19-13-6-5-11-3-4-12-10-17(16(18)20-2)8-7-14(12)15(11)9-13/h5-6,9,12,14H,3-4,7-8,10H2,1-2H3/t12-,14-/m1/s1. The van der Waals surface area contributed by atoms with Crippen LogP contribution in [-0.4, -0.2) is 38.3 Å². The fourth-order valence-corrected chi connectivity index (χ4v) is 3.64. The monoisotopic (exact) mass is 275 g/mol. The fourth-order valence-electron chi connectivity index (χ4n) is 3.64. The summed E-state index contributed by atoms with van der Waals surface area (Å²) in [5.41, 5.74) is 2.86. The van der Waals surface area contributed by atoms with Crippen molar-refractivity contribution in [2.45, 2.75) is 25.2 Å². The first-order chi connectivity index (χ1) is 9.72. The number of carbonyl (C=O) groups is 1. The summed E-state index contributed by atoms with van der Waals surface area (Å²) in [7, 11) is 3.16. The van der Waals surface area contributed by atoms with Gasteiger partial charge < -0.3 is 14.4 Å². The number of methoxy groups -OCH3 is 2. The largest absolute Gasteiger partial charge is 0.497 e. The smallest absolute Gasteiger partial charge is 0.409 e. The summed E-state index contributed by atoms with van der Waals surface area (Å²) in [6, 6.07) is 6.42. The van der Waals surface area contributed by atoms with Crippen molar-refractivity contribution < 1.29 is 14.3 Å². The van der Waals surface area contributed by atoms with Crippen LogP contribution < -0.4 is 4.74 Å². The molecule has 1 aromatic rings. The topological polar surface area (TPSA) is 38.8 Å². The molecule has 2 atom stereocenters. The molecule has 0 spiro atoms. The van der Waals surface area contributed by atoms with Crippen LogP contribution in [0.2, 0.25) is 0 Å². The van der Waals surface area contributed by atoms with E-state index in [1.165, 1.54) is 18.2 Å². The number of carbonyl (C=O) groups excluding carboxylic acids is 1. The number of benzene rings is 1. The van der Waals surface area contributed by atoms with Crippen molar-refractivity contribution in [3.05, 3.63) is 29.3 Å². The number of fused-ring (bicyclic) bond motifs is 3. The Labute approximate surface area is 119 Å². The van der Waals surface area contributed by atoms with Gasteiger partial charge in [0, 0.05) is 13.1 Å². The summed E-state index contributed by atoms with van der Waals surface area (Å²) in [6.07, 6.45) is 3.06. The predicted molar refractivity (Wildman–Crippen MR) is 76.1 cm³/mol. The van der Waals surface area contributed by atoms with Gasteiger partial charge >= 0.3 is 6.09 Å². The van der Waals surface area contributed by atoms with Gasteiger partial charge in [0.25, 0.3) is 0 Å². The lowest BCUT2D eigenvalue weighted by Crippen LogP contribution is -2.44. The van der Waals surface area contributed by atoms with Gasteiger partial charge in [-0.1, -0.05) is 6.07 Å². The van der Waals surface area contributed by atoms with Crippen molar-refractivity contribution >= 4 is 6.09 Å². The molecule has 20 heavy (non-hydrogen) atoms. The Morgan fingerprint density at radius 3 is 2.90 bits per heavy atom. The lowest BCUT2D eigenvalue weighted by atomic mass is 9.71. The van der Waals surface area contributed by atoms with Crippen LogP contribution in [0.25, 0.3) is 0 Å². The first-order valence-electron chi connectivity index (χ1n) is 7.22. The molecule has 1 aromatic carbocycles. The highest BCUT2D eigenvalue weighted by Crippen LogP contribution is 2.42. The number of rotatable bonds is 1. The zero-order valence-corrected chi connectivity index (χ0v) is 12.1. The molecule has 3 rings (SSSR count). The van der Waals surface area contributed by atoms with E-state index in [-0.39, 0.29) is 6.09 Å². The second-order valence-electron chi connectivity index (χ2n) is 5.67. The SMILES string of the molecule is COC(=O)N1CC[C@H]2c3cc(OC)ccc3CC[C@@H]2C1. The van der Waals surface area contributed by atoms with Crippen LogP contribution in [0.4, 0.5) is 4.79 Å². The maximum Gasteiger partial charge on any atom is 0.409 e. The quantitative estimate of drug-likeness (QED) is 0.791. The highest BCUT2D eigenvalue weighted by molar-refractivity contribution is 5.67. The van der Waals surface area contributed by atoms with E-state index in [0.29, 0.717) is 11.8 Å². The van der Waals surface area contributed by atoms with Crippen LogP contribution in [-0.2, 0) is 11.2 Å². The first kappa shape index (κ1) is 13.3. The third kappa shape index (κ3) is 2.23. The van der Waals surface area contributed by atoms with Crippen LogP contribution in [0.5, 0.6) is 5.75 Å². The van der Waals surface area contributed by atoms with Crippen LogP contribution in [0.3, 0.4) is 0 Å². The fraction of sp³-hybridized carbons (Fsp3) is 0.562. The average molecular weight is 275 g/mol. The van der Waals surface area contributed by atoms with Crippen molar-refractivity contribution in [1.29, 1.82) is 0 Å². The average Bonchev–Trinajstić information content (AvgIpc) is 2.52. The number of piperidine rings is 1. The molecule has 1 amide bonds. The molecule has 1 saturated heterocycles. The molecule has 2 aliphatic rings. The molecule has 1 aliphatic carbocycles. The minimum Gasteiger partial charge on any atom is -0.497 e. The molecular weight excluding hydrogens is 254 g/mol. The van der Waals surface area contributed by atoms with Crippen molar-refractivity contribution in [3.63, 3.8) is 0 Å². The molecule has 108 valence electrons. The highest BCUT2D eigenvalue weighted by atomic mass is 16.5. The van der Waals surface area contributed by atoms with Crippen LogP contribution in [0.1, 0.15) is 29.9 Å². The summed E-state index contributed by atoms with van der Waals surface area (Å²) in [6.45, 7) is 1.60. The van der Waals surface area contributed by atoms with Crippen LogP contribution >= 0.6 is 0 Å². The van der Waals surface area contributed by atoms with E-state index >= 15 is 0 Å². The van der Waals surface area contributed by atoms with Gasteiger partial charge in [-0.25, -0.2) is 4.79 Å². The first-order valence-corrected chi connectivity index (χ1v) is 7.22. The van der Waals surface area contributed by atoms with Crippen LogP contribution in [0.15, 0.2) is 18.2 Å². The van der Waals surface area contributed by atoms with E-state index < -0.39 is 0 Å². The summed E-state index contributed by atoms with van der Waals surface area (Å²) in [5.74, 6) is 2.03. The predicted octanol–water partition coefficient (Wildman–Crippen LogP) is 2.81. The molecule has 1 heterocycles. The van der Waals surface area contributed by atoms with Crippen molar-refractivity contribution in [3.8, 4) is 5.75 Å². The molecule has 0 N–H and O–H groups in total. The molecular formula is C16H21NO3. The van der Waals surface area contributed by atoms with Gasteiger partial charge in [0.05, 0.1) is 14.2 Å². The maximum atomic E-state index is 11.7. The normalized spacial score (nSPS) is 24.6. The van der Waals surface area contributed by atoms with E-state index in [2.05, 4.69) is 12.1 Å². The minimum absolute atomic E-state index is 0.195. The lowest BCUT2D eigenvalue weighted by Gasteiger charge is -2.41. The number of nitrogens with zero attached hydrogens (tertiary/aromatic N) is 1. The van der Waals surface area contributed by atoms with E-state index in [1.807, 2.05) is 11.0 Å². The summed E-state index contributed by atoms with van der Waals surface area (Å²) in [5, 5.41) is 0. The zero-order chi connectivity index (χ0) is 14.1. The number of hydrogen-bond donors (Lipinski definition) is 0. The van der Waals surface area contributed by atoms with Gasteiger partial charge in [0.15, 0.2) is 0 Å².